The van der Waals surface area contributed by atoms with Crippen LogP contribution in [-0.4, -0.2) is 40.2 Å². The summed E-state index contributed by atoms with van der Waals surface area (Å²) in [5.41, 5.74) is 7.31. The van der Waals surface area contributed by atoms with Crippen LogP contribution in [0.1, 0.15) is 31.1 Å². The predicted octanol–water partition coefficient (Wildman–Crippen LogP) is 1.88. The molecule has 3 atom stereocenters. The summed E-state index contributed by atoms with van der Waals surface area (Å²) in [4.78, 5) is 34.5. The summed E-state index contributed by atoms with van der Waals surface area (Å²) in [7, 11) is 0. The van der Waals surface area contributed by atoms with Crippen molar-refractivity contribution in [1.82, 2.24) is 0 Å². The number of carboxylic acids is 2. The minimum Gasteiger partial charge on any atom is -0.480 e. The molecule has 2 rings (SSSR count). The second-order valence-corrected chi connectivity index (χ2v) is 5.91. The smallest absolute Gasteiger partial charge is 0.335 e. The van der Waals surface area contributed by atoms with Crippen LogP contribution in [0.3, 0.4) is 0 Å². The number of anilines is 1. The molecule has 0 saturated carbocycles. The van der Waals surface area contributed by atoms with Crippen molar-refractivity contribution < 1.29 is 32.1 Å². The average Bonchev–Trinajstić information content (AvgIpc) is 2.73. The van der Waals surface area contributed by atoms with E-state index in [1.54, 1.807) is 48.5 Å². The maximum atomic E-state index is 12.4. The third-order valence-corrected chi connectivity index (χ3v) is 3.88. The summed E-state index contributed by atoms with van der Waals surface area (Å²) < 4.78 is 20.1. The number of amides is 1. The number of carboxylic acid groups (broad SMARTS) is 2. The Bertz CT molecular complexity index is 906. The topological polar surface area (TPSA) is 139 Å². The first-order valence-corrected chi connectivity index (χ1v) is 8.27. The third kappa shape index (κ3) is 5.63. The van der Waals surface area contributed by atoms with Gasteiger partial charge in [0.25, 0.3) is 5.91 Å². The van der Waals surface area contributed by atoms with E-state index in [9.17, 15) is 14.4 Å². The van der Waals surface area contributed by atoms with Gasteiger partial charge in [-0.1, -0.05) is 31.2 Å². The fourth-order valence-electron chi connectivity index (χ4n) is 2.36. The number of nitrogens with one attached hydrogen (secondary N) is 1. The number of ether oxygens (including phenoxy) is 1. The SMILES string of the molecule is [3H]CC([3H])c1ccc(C(=O)Nc2cccc(CO[C@H](C(=O)O)[C@H](N)C(=O)O)c2)cc1. The number of hydrogen-bond donors (Lipinski definition) is 4. The van der Waals surface area contributed by atoms with Gasteiger partial charge < -0.3 is 26.0 Å². The maximum Gasteiger partial charge on any atom is 0.335 e. The Hall–Kier alpha value is -3.23. The van der Waals surface area contributed by atoms with Crippen LogP contribution in [-0.2, 0) is 27.3 Å². The Balaban J connectivity index is 2.03. The van der Waals surface area contributed by atoms with E-state index in [0.29, 0.717) is 22.4 Å². The molecule has 2 aromatic rings. The molecule has 0 fully saturated rings. The number of hydrogen-bond acceptors (Lipinski definition) is 5. The number of nitrogens with two attached hydrogens (primary N) is 1. The lowest BCUT2D eigenvalue weighted by Gasteiger charge is -2.17. The van der Waals surface area contributed by atoms with Gasteiger partial charge in [0.2, 0.25) is 0 Å². The van der Waals surface area contributed by atoms with Crippen LogP contribution in [0.25, 0.3) is 0 Å². The molecule has 1 unspecified atom stereocenters. The molecular formula is C20H22N2O6. The lowest BCUT2D eigenvalue weighted by Crippen LogP contribution is -2.47. The average molecular weight is 390 g/mol. The monoisotopic (exact) mass is 390 g/mol. The van der Waals surface area contributed by atoms with Crippen molar-refractivity contribution in [3.63, 3.8) is 0 Å². The van der Waals surface area contributed by atoms with E-state index in [4.69, 9.17) is 23.4 Å². The minimum absolute atomic E-state index is 0.0689. The summed E-state index contributed by atoms with van der Waals surface area (Å²) in [6, 6.07) is 11.1. The van der Waals surface area contributed by atoms with Crippen LogP contribution >= 0.6 is 0 Å². The molecule has 28 heavy (non-hydrogen) atoms. The molecule has 8 heteroatoms. The van der Waals surface area contributed by atoms with Crippen LogP contribution in [0.5, 0.6) is 0 Å². The van der Waals surface area contributed by atoms with Crippen molar-refractivity contribution in [2.24, 2.45) is 5.73 Å². The molecule has 2 aromatic carbocycles. The normalized spacial score (nSPS) is 14.9. The van der Waals surface area contributed by atoms with E-state index in [-0.39, 0.29) is 19.4 Å². The zero-order valence-electron chi connectivity index (χ0n) is 16.9. The van der Waals surface area contributed by atoms with Crippen LogP contribution < -0.4 is 11.1 Å². The van der Waals surface area contributed by atoms with E-state index in [1.165, 1.54) is 0 Å². The lowest BCUT2D eigenvalue weighted by atomic mass is 10.1. The molecule has 0 aliphatic rings. The van der Waals surface area contributed by atoms with Crippen LogP contribution in [0.4, 0.5) is 5.69 Å². The molecular weight excluding hydrogens is 364 g/mol. The highest BCUT2D eigenvalue weighted by Crippen LogP contribution is 2.15. The van der Waals surface area contributed by atoms with E-state index in [0.717, 1.165) is 0 Å². The molecule has 0 bridgehead atoms. The molecule has 1 amide bonds. The summed E-state index contributed by atoms with van der Waals surface area (Å²) in [5.74, 6) is -3.37. The largest absolute Gasteiger partial charge is 0.480 e. The van der Waals surface area contributed by atoms with Gasteiger partial charge in [0, 0.05) is 14.0 Å². The number of carbonyl (C=O) groups excluding carboxylic acids is 1. The Morgan fingerprint density at radius 1 is 1.14 bits per heavy atom. The molecule has 5 N–H and O–H groups in total. The molecule has 148 valence electrons. The Labute approximate surface area is 164 Å². The summed E-state index contributed by atoms with van der Waals surface area (Å²) in [5, 5.41) is 20.7. The molecule has 0 spiro atoms. The molecule has 0 radical (unpaired) electrons. The predicted molar refractivity (Wildman–Crippen MR) is 102 cm³/mol. The van der Waals surface area contributed by atoms with Crippen molar-refractivity contribution in [1.29, 1.82) is 0 Å². The van der Waals surface area contributed by atoms with Gasteiger partial charge in [-0.15, -0.1) is 0 Å². The number of rotatable bonds is 9. The lowest BCUT2D eigenvalue weighted by molar-refractivity contribution is -0.159. The zero-order valence-corrected chi connectivity index (χ0v) is 14.9. The minimum atomic E-state index is -1.72. The Morgan fingerprint density at radius 3 is 2.46 bits per heavy atom. The van der Waals surface area contributed by atoms with E-state index in [2.05, 4.69) is 5.32 Å². The second kappa shape index (κ2) is 9.63. The van der Waals surface area contributed by atoms with Gasteiger partial charge in [0.05, 0.1) is 6.61 Å². The number of carbonyl (C=O) groups is 3. The molecule has 0 aliphatic carbocycles. The third-order valence-electron chi connectivity index (χ3n) is 3.88. The number of aryl methyl sites for hydroxylation is 1. The first-order chi connectivity index (χ1) is 14.2. The van der Waals surface area contributed by atoms with Gasteiger partial charge >= 0.3 is 11.9 Å². The van der Waals surface area contributed by atoms with E-state index < -0.39 is 30.5 Å². The molecule has 0 aromatic heterocycles. The van der Waals surface area contributed by atoms with Gasteiger partial charge in [0.15, 0.2) is 6.10 Å². The van der Waals surface area contributed by atoms with Gasteiger partial charge in [-0.2, -0.15) is 0 Å². The summed E-state index contributed by atoms with van der Waals surface area (Å²) in [6.07, 6.45) is -2.38. The molecule has 0 aliphatic heterocycles. The van der Waals surface area contributed by atoms with Crippen molar-refractivity contribution in [3.05, 3.63) is 65.2 Å². The van der Waals surface area contributed by atoms with Gasteiger partial charge in [0.1, 0.15) is 6.04 Å². The standard InChI is InChI=1S/C20H22N2O6/c1-2-12-6-8-14(9-7-12)18(23)22-15-5-3-4-13(10-15)11-28-17(20(26)27)16(21)19(24)25/h3-10,16-17H,2,11,21H2,1H3,(H,22,23)(H,24,25)(H,26,27)/t16-,17-/m0/s1/i1T,2T/t2?,16-,17-. The van der Waals surface area contributed by atoms with Crippen molar-refractivity contribution >= 4 is 23.5 Å². The number of benzene rings is 2. The molecule has 0 heterocycles. The fraction of sp³-hybridized carbons (Fsp3) is 0.250. The van der Waals surface area contributed by atoms with Gasteiger partial charge in [-0.25, -0.2) is 4.79 Å². The van der Waals surface area contributed by atoms with Crippen LogP contribution in [0.2, 0.25) is 0 Å². The highest BCUT2D eigenvalue weighted by Gasteiger charge is 2.31. The highest BCUT2D eigenvalue weighted by molar-refractivity contribution is 6.04. The summed E-state index contributed by atoms with van der Waals surface area (Å²) in [6.45, 7) is -0.283. The van der Waals surface area contributed by atoms with Gasteiger partial charge in [-0.3, -0.25) is 9.59 Å². The van der Waals surface area contributed by atoms with Crippen molar-refractivity contribution in [2.45, 2.75) is 32.0 Å². The first-order valence-electron chi connectivity index (χ1n) is 9.56. The van der Waals surface area contributed by atoms with Gasteiger partial charge in [-0.05, 0) is 41.8 Å². The highest BCUT2D eigenvalue weighted by atomic mass is 16.5. The quantitative estimate of drug-likeness (QED) is 0.513. The van der Waals surface area contributed by atoms with E-state index >= 15 is 0 Å². The molecule has 0 saturated heterocycles. The maximum absolute atomic E-state index is 12.4. The molecule has 8 nitrogen and oxygen atoms in total. The Kier molecular flexibility index (Phi) is 6.24. The van der Waals surface area contributed by atoms with Crippen molar-refractivity contribution in [3.8, 4) is 0 Å². The first kappa shape index (κ1) is 18.1. The van der Waals surface area contributed by atoms with E-state index in [1.807, 2.05) is 0 Å². The van der Waals surface area contributed by atoms with Crippen LogP contribution in [0, 0.1) is 0 Å². The second-order valence-electron chi connectivity index (χ2n) is 5.91. The van der Waals surface area contributed by atoms with Crippen molar-refractivity contribution in [2.75, 3.05) is 5.32 Å². The zero-order chi connectivity index (χ0) is 22.3. The Morgan fingerprint density at radius 2 is 1.86 bits per heavy atom. The number of aliphatic carboxylic acids is 2. The fourth-order valence-corrected chi connectivity index (χ4v) is 2.36. The summed E-state index contributed by atoms with van der Waals surface area (Å²) >= 11 is 0. The van der Waals surface area contributed by atoms with Crippen LogP contribution in [0.15, 0.2) is 48.5 Å².